The Morgan fingerprint density at radius 1 is 1.14 bits per heavy atom. The maximum absolute atomic E-state index is 13.5. The van der Waals surface area contributed by atoms with E-state index < -0.39 is 0 Å². The Balaban J connectivity index is 2.46. The summed E-state index contributed by atoms with van der Waals surface area (Å²) in [4.78, 5) is 2.04. The molecular formula is C17H20ClFN2. The van der Waals surface area contributed by atoms with Gasteiger partial charge in [0.05, 0.1) is 10.7 Å². The van der Waals surface area contributed by atoms with Crippen LogP contribution in [0.15, 0.2) is 42.5 Å². The smallest absolute Gasteiger partial charge is 0.125 e. The summed E-state index contributed by atoms with van der Waals surface area (Å²) >= 11 is 6.41. The standard InChI is InChI=1S/C17H20ClFN2/c1-3-20-12-13-7-5-10-16(18)17(13)21(4-2)15-9-6-8-14(19)11-15/h5-11,20H,3-4,12H2,1-2H3. The van der Waals surface area contributed by atoms with Gasteiger partial charge in [0.2, 0.25) is 0 Å². The number of para-hydroxylation sites is 1. The van der Waals surface area contributed by atoms with E-state index in [9.17, 15) is 4.39 Å². The molecule has 0 fully saturated rings. The lowest BCUT2D eigenvalue weighted by atomic mass is 10.1. The molecule has 0 radical (unpaired) electrons. The summed E-state index contributed by atoms with van der Waals surface area (Å²) in [6.07, 6.45) is 0. The van der Waals surface area contributed by atoms with E-state index in [2.05, 4.69) is 12.2 Å². The second kappa shape index (κ2) is 7.43. The van der Waals surface area contributed by atoms with Gasteiger partial charge in [-0.25, -0.2) is 4.39 Å². The molecule has 0 aliphatic carbocycles. The molecule has 0 amide bonds. The molecular weight excluding hydrogens is 287 g/mol. The second-order valence-corrected chi connectivity index (χ2v) is 5.16. The molecule has 0 heterocycles. The van der Waals surface area contributed by atoms with E-state index >= 15 is 0 Å². The summed E-state index contributed by atoms with van der Waals surface area (Å²) in [6, 6.07) is 12.5. The molecule has 112 valence electrons. The first-order valence-electron chi connectivity index (χ1n) is 7.18. The Morgan fingerprint density at radius 3 is 2.57 bits per heavy atom. The zero-order chi connectivity index (χ0) is 15.2. The molecule has 2 nitrogen and oxygen atoms in total. The van der Waals surface area contributed by atoms with Crippen LogP contribution in [0, 0.1) is 5.82 Å². The Bertz CT molecular complexity index is 601. The Hall–Kier alpha value is -1.58. The average molecular weight is 307 g/mol. The molecule has 4 heteroatoms. The van der Waals surface area contributed by atoms with Crippen molar-refractivity contribution in [2.24, 2.45) is 0 Å². The lowest BCUT2D eigenvalue weighted by molar-refractivity contribution is 0.627. The fourth-order valence-electron chi connectivity index (χ4n) is 2.38. The minimum Gasteiger partial charge on any atom is -0.340 e. The van der Waals surface area contributed by atoms with E-state index in [1.165, 1.54) is 12.1 Å². The second-order valence-electron chi connectivity index (χ2n) is 4.75. The van der Waals surface area contributed by atoms with Gasteiger partial charge in [-0.2, -0.15) is 0 Å². The molecule has 21 heavy (non-hydrogen) atoms. The van der Waals surface area contributed by atoms with Crippen LogP contribution in [-0.4, -0.2) is 13.1 Å². The van der Waals surface area contributed by atoms with E-state index in [4.69, 9.17) is 11.6 Å². The first-order valence-corrected chi connectivity index (χ1v) is 7.56. The number of nitrogens with zero attached hydrogens (tertiary/aromatic N) is 1. The molecule has 2 rings (SSSR count). The molecule has 2 aromatic carbocycles. The van der Waals surface area contributed by atoms with Crippen LogP contribution >= 0.6 is 11.6 Å². The predicted molar refractivity (Wildman–Crippen MR) is 87.9 cm³/mol. The van der Waals surface area contributed by atoms with Crippen molar-refractivity contribution < 1.29 is 4.39 Å². The number of rotatable bonds is 6. The van der Waals surface area contributed by atoms with Crippen LogP contribution in [0.2, 0.25) is 5.02 Å². The largest absolute Gasteiger partial charge is 0.340 e. The van der Waals surface area contributed by atoms with Gasteiger partial charge in [0, 0.05) is 18.8 Å². The molecule has 0 bridgehead atoms. The van der Waals surface area contributed by atoms with E-state index in [1.54, 1.807) is 6.07 Å². The summed E-state index contributed by atoms with van der Waals surface area (Å²) < 4.78 is 13.5. The van der Waals surface area contributed by atoms with Crippen LogP contribution in [0.4, 0.5) is 15.8 Å². The third-order valence-electron chi connectivity index (χ3n) is 3.34. The zero-order valence-corrected chi connectivity index (χ0v) is 13.1. The van der Waals surface area contributed by atoms with Crippen molar-refractivity contribution in [3.8, 4) is 0 Å². The van der Waals surface area contributed by atoms with Crippen LogP contribution in [-0.2, 0) is 6.54 Å². The number of anilines is 2. The van der Waals surface area contributed by atoms with Gasteiger partial charge in [-0.3, -0.25) is 0 Å². The topological polar surface area (TPSA) is 15.3 Å². The SMILES string of the molecule is CCNCc1cccc(Cl)c1N(CC)c1cccc(F)c1. The quantitative estimate of drug-likeness (QED) is 0.828. The number of halogens is 2. The summed E-state index contributed by atoms with van der Waals surface area (Å²) in [5.41, 5.74) is 2.85. The van der Waals surface area contributed by atoms with Gasteiger partial charge in [0.25, 0.3) is 0 Å². The van der Waals surface area contributed by atoms with Gasteiger partial charge in [-0.15, -0.1) is 0 Å². The Morgan fingerprint density at radius 2 is 1.90 bits per heavy atom. The van der Waals surface area contributed by atoms with Crippen LogP contribution in [0.3, 0.4) is 0 Å². The van der Waals surface area contributed by atoms with Crippen molar-refractivity contribution in [2.45, 2.75) is 20.4 Å². The normalized spacial score (nSPS) is 10.7. The third kappa shape index (κ3) is 3.74. The molecule has 0 saturated carbocycles. The minimum absolute atomic E-state index is 0.244. The van der Waals surface area contributed by atoms with Crippen LogP contribution < -0.4 is 10.2 Å². The number of benzene rings is 2. The van der Waals surface area contributed by atoms with Gasteiger partial charge < -0.3 is 10.2 Å². The van der Waals surface area contributed by atoms with Crippen LogP contribution in [0.1, 0.15) is 19.4 Å². The molecule has 0 aromatic heterocycles. The summed E-state index contributed by atoms with van der Waals surface area (Å²) in [5, 5.41) is 3.99. The fourth-order valence-corrected chi connectivity index (χ4v) is 2.67. The molecule has 0 aliphatic heterocycles. The number of hydrogen-bond acceptors (Lipinski definition) is 2. The summed E-state index contributed by atoms with van der Waals surface area (Å²) in [6.45, 7) is 6.43. The third-order valence-corrected chi connectivity index (χ3v) is 3.65. The lowest BCUT2D eigenvalue weighted by Gasteiger charge is -2.27. The minimum atomic E-state index is -0.244. The molecule has 0 spiro atoms. The van der Waals surface area contributed by atoms with E-state index in [0.717, 1.165) is 30.0 Å². The molecule has 0 atom stereocenters. The number of hydrogen-bond donors (Lipinski definition) is 1. The predicted octanol–water partition coefficient (Wildman–Crippen LogP) is 4.75. The van der Waals surface area contributed by atoms with E-state index in [1.807, 2.05) is 36.1 Å². The van der Waals surface area contributed by atoms with Gasteiger partial charge in [0.15, 0.2) is 0 Å². The average Bonchev–Trinajstić information content (AvgIpc) is 2.48. The van der Waals surface area contributed by atoms with Gasteiger partial charge in [0.1, 0.15) is 5.82 Å². The van der Waals surface area contributed by atoms with Crippen molar-refractivity contribution in [3.63, 3.8) is 0 Å². The van der Waals surface area contributed by atoms with Crippen molar-refractivity contribution in [2.75, 3.05) is 18.0 Å². The van der Waals surface area contributed by atoms with Crippen molar-refractivity contribution in [1.82, 2.24) is 5.32 Å². The molecule has 1 N–H and O–H groups in total. The molecule has 0 saturated heterocycles. The lowest BCUT2D eigenvalue weighted by Crippen LogP contribution is -2.21. The Kier molecular flexibility index (Phi) is 5.59. The Labute approximate surface area is 130 Å². The number of nitrogens with one attached hydrogen (secondary N) is 1. The molecule has 0 aliphatic rings. The fraction of sp³-hybridized carbons (Fsp3) is 0.294. The summed E-state index contributed by atoms with van der Waals surface area (Å²) in [5.74, 6) is -0.244. The van der Waals surface area contributed by atoms with Crippen LogP contribution in [0.5, 0.6) is 0 Å². The van der Waals surface area contributed by atoms with E-state index in [0.29, 0.717) is 11.6 Å². The van der Waals surface area contributed by atoms with Gasteiger partial charge >= 0.3 is 0 Å². The molecule has 0 unspecified atom stereocenters. The monoisotopic (exact) mass is 306 g/mol. The van der Waals surface area contributed by atoms with Crippen LogP contribution in [0.25, 0.3) is 0 Å². The van der Waals surface area contributed by atoms with E-state index in [-0.39, 0.29) is 5.82 Å². The maximum atomic E-state index is 13.5. The highest BCUT2D eigenvalue weighted by molar-refractivity contribution is 6.33. The first kappa shape index (κ1) is 15.8. The molecule has 2 aromatic rings. The first-order chi connectivity index (χ1) is 10.2. The highest BCUT2D eigenvalue weighted by atomic mass is 35.5. The summed E-state index contributed by atoms with van der Waals surface area (Å²) in [7, 11) is 0. The van der Waals surface area contributed by atoms with Gasteiger partial charge in [-0.1, -0.05) is 36.7 Å². The highest BCUT2D eigenvalue weighted by Crippen LogP contribution is 2.35. The van der Waals surface area contributed by atoms with Crippen molar-refractivity contribution in [3.05, 3.63) is 58.9 Å². The highest BCUT2D eigenvalue weighted by Gasteiger charge is 2.15. The zero-order valence-electron chi connectivity index (χ0n) is 12.4. The van der Waals surface area contributed by atoms with Crippen molar-refractivity contribution in [1.29, 1.82) is 0 Å². The van der Waals surface area contributed by atoms with Gasteiger partial charge in [-0.05, 0) is 43.3 Å². The van der Waals surface area contributed by atoms with Crippen molar-refractivity contribution >= 4 is 23.0 Å². The maximum Gasteiger partial charge on any atom is 0.125 e.